The molecule has 0 saturated carbocycles. The summed E-state index contributed by atoms with van der Waals surface area (Å²) in [6, 6.07) is 2.58. The molecule has 118 valence electrons. The number of nitrogens with zero attached hydrogens (tertiary/aromatic N) is 1. The van der Waals surface area contributed by atoms with Crippen molar-refractivity contribution in [1.29, 1.82) is 0 Å². The van der Waals surface area contributed by atoms with Crippen LogP contribution in [0.25, 0.3) is 0 Å². The topological polar surface area (TPSA) is 46.6 Å². The Morgan fingerprint density at radius 3 is 2.19 bits per heavy atom. The molecule has 2 rings (SSSR count). The average Bonchev–Trinajstić information content (AvgIpc) is 2.23. The van der Waals surface area contributed by atoms with Crippen LogP contribution < -0.4 is 0 Å². The molecule has 0 aliphatic carbocycles. The number of sulfonamides is 1. The van der Waals surface area contributed by atoms with E-state index in [9.17, 15) is 30.4 Å². The van der Waals surface area contributed by atoms with Crippen molar-refractivity contribution in [2.75, 3.05) is 19.7 Å². The average molecular weight is 331 g/mol. The van der Waals surface area contributed by atoms with E-state index in [1.807, 2.05) is 0 Å². The first-order valence-corrected chi connectivity index (χ1v) is 7.18. The molecule has 0 unspecified atom stereocenters. The maximum absolute atomic E-state index is 13.4. The van der Waals surface area contributed by atoms with Crippen LogP contribution in [-0.2, 0) is 14.8 Å². The lowest BCUT2D eigenvalue weighted by atomic mass is 10.2. The fourth-order valence-corrected chi connectivity index (χ4v) is 3.39. The molecule has 1 fully saturated rings. The van der Waals surface area contributed by atoms with Gasteiger partial charge in [0.05, 0.1) is 6.10 Å². The maximum atomic E-state index is 13.4. The smallest absolute Gasteiger partial charge is 0.366 e. The summed E-state index contributed by atoms with van der Waals surface area (Å²) in [5, 5.41) is 0. The Hall–Kier alpha value is -1.26. The highest BCUT2D eigenvalue weighted by Crippen LogP contribution is 2.28. The molecule has 1 heterocycles. The lowest BCUT2D eigenvalue weighted by molar-refractivity contribution is -0.194. The standard InChI is InChI=1S/C11H10F5NO3S/c12-8-2-1-3-9(13)10(8)21(18,19)17-4-7(5-17)20-6-11(14,15)16/h1-3,7H,4-6H2. The van der Waals surface area contributed by atoms with Gasteiger partial charge >= 0.3 is 6.18 Å². The minimum Gasteiger partial charge on any atom is -0.366 e. The van der Waals surface area contributed by atoms with Gasteiger partial charge in [-0.05, 0) is 12.1 Å². The Labute approximate surface area is 117 Å². The van der Waals surface area contributed by atoms with E-state index in [2.05, 4.69) is 4.74 Å². The van der Waals surface area contributed by atoms with Crippen molar-refractivity contribution < 1.29 is 35.1 Å². The van der Waals surface area contributed by atoms with Crippen molar-refractivity contribution in [1.82, 2.24) is 4.31 Å². The Kier molecular flexibility index (Phi) is 4.22. The van der Waals surface area contributed by atoms with E-state index in [1.54, 1.807) is 0 Å². The number of rotatable bonds is 4. The van der Waals surface area contributed by atoms with E-state index >= 15 is 0 Å². The Balaban J connectivity index is 2.04. The van der Waals surface area contributed by atoms with E-state index in [1.165, 1.54) is 0 Å². The second kappa shape index (κ2) is 5.50. The molecule has 0 aromatic heterocycles. The van der Waals surface area contributed by atoms with Crippen molar-refractivity contribution in [2.24, 2.45) is 0 Å². The highest BCUT2D eigenvalue weighted by Gasteiger charge is 2.41. The van der Waals surface area contributed by atoms with E-state index < -0.39 is 45.4 Å². The zero-order valence-electron chi connectivity index (χ0n) is 10.4. The number of halogens is 5. The molecule has 10 heteroatoms. The highest BCUT2D eigenvalue weighted by molar-refractivity contribution is 7.89. The number of alkyl halides is 3. The molecule has 1 saturated heterocycles. The van der Waals surface area contributed by atoms with E-state index in [4.69, 9.17) is 0 Å². The highest BCUT2D eigenvalue weighted by atomic mass is 32.2. The van der Waals surface area contributed by atoms with Crippen LogP contribution in [-0.4, -0.2) is 44.7 Å². The fraction of sp³-hybridized carbons (Fsp3) is 0.455. The maximum Gasteiger partial charge on any atom is 0.411 e. The second-order valence-electron chi connectivity index (χ2n) is 4.42. The third kappa shape index (κ3) is 3.50. The summed E-state index contributed by atoms with van der Waals surface area (Å²) in [7, 11) is -4.43. The van der Waals surface area contributed by atoms with E-state index in [-0.39, 0.29) is 13.1 Å². The van der Waals surface area contributed by atoms with Gasteiger partial charge in [0.2, 0.25) is 10.0 Å². The van der Waals surface area contributed by atoms with Gasteiger partial charge in [-0.3, -0.25) is 0 Å². The van der Waals surface area contributed by atoms with Crippen LogP contribution in [0.1, 0.15) is 0 Å². The zero-order valence-corrected chi connectivity index (χ0v) is 11.2. The fourth-order valence-electron chi connectivity index (χ4n) is 1.77. The molecule has 1 aliphatic heterocycles. The molecule has 0 bridgehead atoms. The minimum atomic E-state index is -4.52. The molecule has 0 atom stereocenters. The molecule has 0 radical (unpaired) electrons. The summed E-state index contributed by atoms with van der Waals surface area (Å²) in [4.78, 5) is -1.11. The van der Waals surface area contributed by atoms with Gasteiger partial charge in [0.25, 0.3) is 0 Å². The molecule has 0 spiro atoms. The summed E-state index contributed by atoms with van der Waals surface area (Å²) in [5.74, 6) is -2.51. The van der Waals surface area contributed by atoms with Gasteiger partial charge in [0.1, 0.15) is 18.2 Å². The molecule has 4 nitrogen and oxygen atoms in total. The Bertz CT molecular complexity index is 605. The van der Waals surface area contributed by atoms with Gasteiger partial charge in [-0.1, -0.05) is 6.07 Å². The Morgan fingerprint density at radius 1 is 1.19 bits per heavy atom. The number of ether oxygens (including phenoxy) is 1. The SMILES string of the molecule is O=S(=O)(c1c(F)cccc1F)N1CC(OCC(F)(F)F)C1. The third-order valence-corrected chi connectivity index (χ3v) is 4.70. The first-order chi connectivity index (χ1) is 9.61. The van der Waals surface area contributed by atoms with Gasteiger partial charge in [-0.25, -0.2) is 17.2 Å². The van der Waals surface area contributed by atoms with Crippen LogP contribution in [0.15, 0.2) is 23.1 Å². The first kappa shape index (κ1) is 16.1. The molecule has 1 aromatic carbocycles. The summed E-state index contributed by atoms with van der Waals surface area (Å²) in [5.41, 5.74) is 0. The van der Waals surface area contributed by atoms with Crippen LogP contribution in [0.3, 0.4) is 0 Å². The van der Waals surface area contributed by atoms with Crippen molar-refractivity contribution in [2.45, 2.75) is 17.2 Å². The van der Waals surface area contributed by atoms with E-state index in [0.717, 1.165) is 18.2 Å². The van der Waals surface area contributed by atoms with Gasteiger partial charge in [0, 0.05) is 13.1 Å². The van der Waals surface area contributed by atoms with Gasteiger partial charge < -0.3 is 4.74 Å². The Morgan fingerprint density at radius 2 is 1.71 bits per heavy atom. The summed E-state index contributed by atoms with van der Waals surface area (Å²) in [6.45, 7) is -2.27. The lowest BCUT2D eigenvalue weighted by Gasteiger charge is -2.37. The molecule has 0 N–H and O–H groups in total. The number of hydrogen-bond acceptors (Lipinski definition) is 3. The summed E-state index contributed by atoms with van der Waals surface area (Å²) in [6.07, 6.45) is -5.46. The predicted octanol–water partition coefficient (Wildman–Crippen LogP) is 1.92. The number of hydrogen-bond donors (Lipinski definition) is 0. The molecule has 21 heavy (non-hydrogen) atoms. The van der Waals surface area contributed by atoms with Crippen molar-refractivity contribution in [3.63, 3.8) is 0 Å². The first-order valence-electron chi connectivity index (χ1n) is 5.74. The summed E-state index contributed by atoms with van der Waals surface area (Å²) >= 11 is 0. The molecular weight excluding hydrogens is 321 g/mol. The van der Waals surface area contributed by atoms with Crippen LogP contribution >= 0.6 is 0 Å². The molecule has 0 amide bonds. The van der Waals surface area contributed by atoms with Crippen LogP contribution in [0.2, 0.25) is 0 Å². The van der Waals surface area contributed by atoms with Crippen LogP contribution in [0, 0.1) is 11.6 Å². The quantitative estimate of drug-likeness (QED) is 0.792. The van der Waals surface area contributed by atoms with Crippen LogP contribution in [0.4, 0.5) is 22.0 Å². The number of benzene rings is 1. The van der Waals surface area contributed by atoms with Crippen LogP contribution in [0.5, 0.6) is 0 Å². The monoisotopic (exact) mass is 331 g/mol. The van der Waals surface area contributed by atoms with Crippen molar-refractivity contribution >= 4 is 10.0 Å². The largest absolute Gasteiger partial charge is 0.411 e. The summed E-state index contributed by atoms with van der Waals surface area (Å²) < 4.78 is 91.7. The van der Waals surface area contributed by atoms with Gasteiger partial charge in [0.15, 0.2) is 4.90 Å². The van der Waals surface area contributed by atoms with Crippen molar-refractivity contribution in [3.8, 4) is 0 Å². The van der Waals surface area contributed by atoms with Gasteiger partial charge in [-0.15, -0.1) is 0 Å². The lowest BCUT2D eigenvalue weighted by Crippen LogP contribution is -2.55. The molecule has 1 aliphatic rings. The normalized spacial score (nSPS) is 17.8. The zero-order chi connectivity index (χ0) is 15.8. The second-order valence-corrected chi connectivity index (χ2v) is 6.30. The van der Waals surface area contributed by atoms with Gasteiger partial charge in [-0.2, -0.15) is 17.5 Å². The third-order valence-electron chi connectivity index (χ3n) is 2.81. The van der Waals surface area contributed by atoms with E-state index in [0.29, 0.717) is 4.31 Å². The predicted molar refractivity (Wildman–Crippen MR) is 60.9 cm³/mol. The molecular formula is C11H10F5NO3S. The van der Waals surface area contributed by atoms with Crippen molar-refractivity contribution in [3.05, 3.63) is 29.8 Å². The molecule has 1 aromatic rings. The minimum absolute atomic E-state index is 0.383.